The van der Waals surface area contributed by atoms with Gasteiger partial charge >= 0.3 is 0 Å². The largest absolute Gasteiger partial charge is 0.271 e. The van der Waals surface area contributed by atoms with Crippen LogP contribution in [0.2, 0.25) is 10.0 Å². The Morgan fingerprint density at radius 1 is 1.11 bits per heavy atom. The summed E-state index contributed by atoms with van der Waals surface area (Å²) >= 11 is 12.4. The van der Waals surface area contributed by atoms with E-state index < -0.39 is 0 Å². The molecule has 4 heteroatoms. The highest BCUT2D eigenvalue weighted by atomic mass is 35.5. The number of nitrogens with one attached hydrogen (secondary N) is 1. The molecule has 0 aromatic heterocycles. The maximum atomic E-state index is 6.22. The third-order valence-electron chi connectivity index (χ3n) is 3.07. The first-order valence-corrected chi connectivity index (χ1v) is 6.83. The van der Waals surface area contributed by atoms with Gasteiger partial charge in [0.2, 0.25) is 0 Å². The molecule has 2 nitrogen and oxygen atoms in total. The van der Waals surface area contributed by atoms with Crippen molar-refractivity contribution in [3.8, 4) is 0 Å². The smallest absolute Gasteiger partial charge is 0.0529 e. The van der Waals surface area contributed by atoms with E-state index in [1.807, 2.05) is 24.3 Å². The van der Waals surface area contributed by atoms with Crippen molar-refractivity contribution < 1.29 is 0 Å². The molecule has 100 valence electrons. The fourth-order valence-electron chi connectivity index (χ4n) is 2.16. The standard InChI is InChI=1S/C15H16Cl2N2/c1-10-4-2-5-11(8-10)9-14(19-18)15-12(16)6-3-7-13(15)17/h2-8,14,19H,9,18H2,1H3. The van der Waals surface area contributed by atoms with E-state index in [2.05, 4.69) is 30.5 Å². The monoisotopic (exact) mass is 294 g/mol. The molecule has 19 heavy (non-hydrogen) atoms. The summed E-state index contributed by atoms with van der Waals surface area (Å²) < 4.78 is 0. The lowest BCUT2D eigenvalue weighted by molar-refractivity contribution is 0.552. The van der Waals surface area contributed by atoms with Crippen LogP contribution in [0.5, 0.6) is 0 Å². The lowest BCUT2D eigenvalue weighted by atomic mass is 9.98. The third kappa shape index (κ3) is 3.48. The van der Waals surface area contributed by atoms with E-state index in [0.29, 0.717) is 10.0 Å². The van der Waals surface area contributed by atoms with Gasteiger partial charge in [0.25, 0.3) is 0 Å². The summed E-state index contributed by atoms with van der Waals surface area (Å²) in [4.78, 5) is 0. The second-order valence-corrected chi connectivity index (χ2v) is 5.36. The molecule has 0 spiro atoms. The Kier molecular flexibility index (Phi) is 4.83. The topological polar surface area (TPSA) is 38.0 Å². The Bertz CT molecular complexity index is 550. The number of hydrogen-bond donors (Lipinski definition) is 2. The second kappa shape index (κ2) is 6.40. The Morgan fingerprint density at radius 2 is 1.74 bits per heavy atom. The minimum absolute atomic E-state index is 0.108. The second-order valence-electron chi connectivity index (χ2n) is 4.55. The van der Waals surface area contributed by atoms with E-state index in [4.69, 9.17) is 29.0 Å². The molecule has 0 aliphatic carbocycles. The van der Waals surface area contributed by atoms with Gasteiger partial charge in [-0.2, -0.15) is 0 Å². The van der Waals surface area contributed by atoms with E-state index in [-0.39, 0.29) is 6.04 Å². The van der Waals surface area contributed by atoms with Crippen molar-refractivity contribution >= 4 is 23.2 Å². The van der Waals surface area contributed by atoms with Crippen molar-refractivity contribution in [2.45, 2.75) is 19.4 Å². The van der Waals surface area contributed by atoms with Gasteiger partial charge in [-0.15, -0.1) is 0 Å². The summed E-state index contributed by atoms with van der Waals surface area (Å²) in [5, 5.41) is 1.26. The average molecular weight is 295 g/mol. The van der Waals surface area contributed by atoms with Crippen molar-refractivity contribution in [2.75, 3.05) is 0 Å². The van der Waals surface area contributed by atoms with Gasteiger partial charge in [0.05, 0.1) is 6.04 Å². The molecule has 2 aromatic rings. The molecule has 2 aromatic carbocycles. The average Bonchev–Trinajstić information content (AvgIpc) is 2.37. The number of hydrazine groups is 1. The molecule has 0 fully saturated rings. The van der Waals surface area contributed by atoms with Gasteiger partial charge in [0.1, 0.15) is 0 Å². The van der Waals surface area contributed by atoms with Crippen LogP contribution in [0.1, 0.15) is 22.7 Å². The third-order valence-corrected chi connectivity index (χ3v) is 3.73. The molecule has 0 radical (unpaired) electrons. The minimum Gasteiger partial charge on any atom is -0.271 e. The van der Waals surface area contributed by atoms with Crippen LogP contribution in [-0.4, -0.2) is 0 Å². The van der Waals surface area contributed by atoms with Crippen LogP contribution in [0.25, 0.3) is 0 Å². The Labute approximate surface area is 123 Å². The van der Waals surface area contributed by atoms with Crippen LogP contribution < -0.4 is 11.3 Å². The number of nitrogens with two attached hydrogens (primary N) is 1. The zero-order chi connectivity index (χ0) is 13.8. The predicted octanol–water partition coefficient (Wildman–Crippen LogP) is 4.05. The highest BCUT2D eigenvalue weighted by Gasteiger charge is 2.17. The SMILES string of the molecule is Cc1cccc(CC(NN)c2c(Cl)cccc2Cl)c1. The summed E-state index contributed by atoms with van der Waals surface area (Å²) in [7, 11) is 0. The predicted molar refractivity (Wildman–Crippen MR) is 81.4 cm³/mol. The number of hydrogen-bond acceptors (Lipinski definition) is 2. The summed E-state index contributed by atoms with van der Waals surface area (Å²) in [5.74, 6) is 5.66. The Hall–Kier alpha value is -1.06. The molecule has 3 N–H and O–H groups in total. The minimum atomic E-state index is -0.108. The first kappa shape index (κ1) is 14.4. The fraction of sp³-hybridized carbons (Fsp3) is 0.200. The lowest BCUT2D eigenvalue weighted by Gasteiger charge is -2.19. The fourth-order valence-corrected chi connectivity index (χ4v) is 2.82. The molecule has 1 atom stereocenters. The maximum Gasteiger partial charge on any atom is 0.0529 e. The number of benzene rings is 2. The summed E-state index contributed by atoms with van der Waals surface area (Å²) in [5.41, 5.74) is 6.06. The molecule has 0 aliphatic rings. The number of rotatable bonds is 4. The van der Waals surface area contributed by atoms with E-state index in [0.717, 1.165) is 12.0 Å². The van der Waals surface area contributed by atoms with E-state index in [9.17, 15) is 0 Å². The van der Waals surface area contributed by atoms with Crippen LogP contribution in [0, 0.1) is 6.92 Å². The van der Waals surface area contributed by atoms with Crippen molar-refractivity contribution in [2.24, 2.45) is 5.84 Å². The zero-order valence-corrected chi connectivity index (χ0v) is 12.2. The van der Waals surface area contributed by atoms with Gasteiger partial charge in [0.15, 0.2) is 0 Å². The van der Waals surface area contributed by atoms with Gasteiger partial charge in [0, 0.05) is 15.6 Å². The Morgan fingerprint density at radius 3 is 2.32 bits per heavy atom. The molecule has 0 aliphatic heterocycles. The highest BCUT2D eigenvalue weighted by molar-refractivity contribution is 6.36. The normalized spacial score (nSPS) is 12.4. The van der Waals surface area contributed by atoms with Crippen LogP contribution >= 0.6 is 23.2 Å². The van der Waals surface area contributed by atoms with Gasteiger partial charge in [-0.25, -0.2) is 0 Å². The van der Waals surface area contributed by atoms with Crippen LogP contribution in [0.4, 0.5) is 0 Å². The molecular formula is C15H16Cl2N2. The van der Waals surface area contributed by atoms with Crippen molar-refractivity contribution in [3.63, 3.8) is 0 Å². The van der Waals surface area contributed by atoms with E-state index in [1.54, 1.807) is 0 Å². The molecule has 0 saturated heterocycles. The summed E-state index contributed by atoms with van der Waals surface area (Å²) in [6, 6.07) is 13.7. The zero-order valence-electron chi connectivity index (χ0n) is 10.7. The van der Waals surface area contributed by atoms with E-state index in [1.165, 1.54) is 11.1 Å². The Balaban J connectivity index is 2.30. The van der Waals surface area contributed by atoms with Crippen molar-refractivity contribution in [3.05, 3.63) is 69.2 Å². The van der Waals surface area contributed by atoms with Gasteiger partial charge in [-0.1, -0.05) is 59.1 Å². The quantitative estimate of drug-likeness (QED) is 0.659. The highest BCUT2D eigenvalue weighted by Crippen LogP contribution is 2.31. The molecule has 0 heterocycles. The van der Waals surface area contributed by atoms with E-state index >= 15 is 0 Å². The number of halogens is 2. The molecule has 0 saturated carbocycles. The first-order chi connectivity index (χ1) is 9.11. The van der Waals surface area contributed by atoms with Crippen LogP contribution in [0.3, 0.4) is 0 Å². The molecule has 2 rings (SSSR count). The molecule has 0 amide bonds. The summed E-state index contributed by atoms with van der Waals surface area (Å²) in [6.45, 7) is 2.07. The molecule has 1 unspecified atom stereocenters. The first-order valence-electron chi connectivity index (χ1n) is 6.07. The lowest BCUT2D eigenvalue weighted by Crippen LogP contribution is -2.30. The van der Waals surface area contributed by atoms with Gasteiger partial charge in [-0.3, -0.25) is 11.3 Å². The van der Waals surface area contributed by atoms with Crippen molar-refractivity contribution in [1.82, 2.24) is 5.43 Å². The van der Waals surface area contributed by atoms with Crippen LogP contribution in [0.15, 0.2) is 42.5 Å². The molecular weight excluding hydrogens is 279 g/mol. The maximum absolute atomic E-state index is 6.22. The van der Waals surface area contributed by atoms with Gasteiger partial charge < -0.3 is 0 Å². The number of aryl methyl sites for hydroxylation is 1. The van der Waals surface area contributed by atoms with Gasteiger partial charge in [-0.05, 0) is 31.0 Å². The summed E-state index contributed by atoms with van der Waals surface area (Å²) in [6.07, 6.45) is 0.738. The molecule has 0 bridgehead atoms. The van der Waals surface area contributed by atoms with Crippen molar-refractivity contribution in [1.29, 1.82) is 0 Å². The van der Waals surface area contributed by atoms with Crippen LogP contribution in [-0.2, 0) is 6.42 Å².